The van der Waals surface area contributed by atoms with Crippen LogP contribution in [0.4, 0.5) is 5.69 Å². The summed E-state index contributed by atoms with van der Waals surface area (Å²) in [7, 11) is 0. The third-order valence-electron chi connectivity index (χ3n) is 1.92. The van der Waals surface area contributed by atoms with Gasteiger partial charge in [-0.15, -0.1) is 0 Å². The van der Waals surface area contributed by atoms with Gasteiger partial charge in [0.15, 0.2) is 0 Å². The Bertz CT molecular complexity index is 319. The van der Waals surface area contributed by atoms with E-state index < -0.39 is 0 Å². The Morgan fingerprint density at radius 1 is 1.69 bits per heavy atom. The molecule has 1 aromatic rings. The van der Waals surface area contributed by atoms with Gasteiger partial charge in [-0.3, -0.25) is 4.68 Å². The Morgan fingerprint density at radius 3 is 2.85 bits per heavy atom. The van der Waals surface area contributed by atoms with Crippen molar-refractivity contribution in [2.24, 2.45) is 5.41 Å². The normalized spacial score (nSPS) is 11.2. The number of nitrogens with two attached hydrogens (primary N) is 1. The molecule has 1 heterocycles. The lowest BCUT2D eigenvalue weighted by Gasteiger charge is -2.14. The Balaban J connectivity index is 2.49. The first-order valence-electron chi connectivity index (χ1n) is 4.23. The highest BCUT2D eigenvalue weighted by molar-refractivity contribution is 5.30. The van der Waals surface area contributed by atoms with Crippen molar-refractivity contribution in [3.8, 4) is 6.07 Å². The molecule has 0 saturated heterocycles. The van der Waals surface area contributed by atoms with E-state index in [-0.39, 0.29) is 5.41 Å². The van der Waals surface area contributed by atoms with E-state index in [1.54, 1.807) is 17.1 Å². The van der Waals surface area contributed by atoms with Crippen molar-refractivity contribution in [3.63, 3.8) is 0 Å². The van der Waals surface area contributed by atoms with Crippen molar-refractivity contribution >= 4 is 5.69 Å². The average molecular weight is 178 g/mol. The molecule has 0 saturated carbocycles. The second kappa shape index (κ2) is 3.48. The van der Waals surface area contributed by atoms with Crippen LogP contribution in [0.5, 0.6) is 0 Å². The van der Waals surface area contributed by atoms with E-state index in [0.717, 1.165) is 13.0 Å². The van der Waals surface area contributed by atoms with Crippen molar-refractivity contribution in [1.29, 1.82) is 5.26 Å². The molecule has 1 aromatic heterocycles. The van der Waals surface area contributed by atoms with Crippen LogP contribution in [0.25, 0.3) is 0 Å². The van der Waals surface area contributed by atoms with Crippen molar-refractivity contribution in [3.05, 3.63) is 12.4 Å². The molecule has 0 aliphatic carbocycles. The summed E-state index contributed by atoms with van der Waals surface area (Å²) < 4.78 is 1.76. The molecule has 2 N–H and O–H groups in total. The van der Waals surface area contributed by atoms with Crippen LogP contribution in [-0.2, 0) is 6.54 Å². The van der Waals surface area contributed by atoms with Gasteiger partial charge in [-0.05, 0) is 20.3 Å². The maximum atomic E-state index is 8.77. The number of anilines is 1. The van der Waals surface area contributed by atoms with Gasteiger partial charge in [0.25, 0.3) is 0 Å². The molecule has 0 aliphatic rings. The molecular formula is C9H14N4. The maximum Gasteiger partial charge on any atom is 0.0719 e. The number of nitrogens with zero attached hydrogens (tertiary/aromatic N) is 3. The Kier molecular flexibility index (Phi) is 2.57. The minimum absolute atomic E-state index is 0.291. The first-order chi connectivity index (χ1) is 6.03. The fourth-order valence-electron chi connectivity index (χ4n) is 0.952. The molecule has 0 atom stereocenters. The van der Waals surface area contributed by atoms with Crippen molar-refractivity contribution in [2.75, 3.05) is 5.73 Å². The maximum absolute atomic E-state index is 8.77. The van der Waals surface area contributed by atoms with Gasteiger partial charge in [0, 0.05) is 12.7 Å². The molecule has 0 radical (unpaired) electrons. The minimum Gasteiger partial charge on any atom is -0.396 e. The number of nitrogen functional groups attached to an aromatic ring is 1. The van der Waals surface area contributed by atoms with Gasteiger partial charge in [0.05, 0.1) is 23.4 Å². The number of nitriles is 1. The zero-order chi connectivity index (χ0) is 9.90. The second-order valence-electron chi connectivity index (χ2n) is 3.78. The SMILES string of the molecule is CC(C)(C#N)CCn1cc(N)cn1. The first kappa shape index (κ1) is 9.59. The summed E-state index contributed by atoms with van der Waals surface area (Å²) in [5.41, 5.74) is 5.87. The van der Waals surface area contributed by atoms with Crippen LogP contribution in [0.3, 0.4) is 0 Å². The molecule has 0 spiro atoms. The molecule has 13 heavy (non-hydrogen) atoms. The van der Waals surface area contributed by atoms with Crippen molar-refractivity contribution < 1.29 is 0 Å². The van der Waals surface area contributed by atoms with Gasteiger partial charge < -0.3 is 5.73 Å². The van der Waals surface area contributed by atoms with Gasteiger partial charge in [0.2, 0.25) is 0 Å². The molecule has 0 fully saturated rings. The number of aryl methyl sites for hydroxylation is 1. The number of hydrogen-bond acceptors (Lipinski definition) is 3. The monoisotopic (exact) mass is 178 g/mol. The predicted molar refractivity (Wildman–Crippen MR) is 50.7 cm³/mol. The highest BCUT2D eigenvalue weighted by atomic mass is 15.3. The van der Waals surface area contributed by atoms with E-state index in [2.05, 4.69) is 11.2 Å². The third kappa shape index (κ3) is 2.79. The summed E-state index contributed by atoms with van der Waals surface area (Å²) in [6.07, 6.45) is 4.16. The molecule has 70 valence electrons. The van der Waals surface area contributed by atoms with E-state index in [1.807, 2.05) is 13.8 Å². The van der Waals surface area contributed by atoms with Crippen LogP contribution in [0.2, 0.25) is 0 Å². The van der Waals surface area contributed by atoms with Gasteiger partial charge in [-0.2, -0.15) is 10.4 Å². The molecule has 1 rings (SSSR count). The molecule has 0 aliphatic heterocycles. The Morgan fingerprint density at radius 2 is 2.38 bits per heavy atom. The van der Waals surface area contributed by atoms with Gasteiger partial charge in [0.1, 0.15) is 0 Å². The summed E-state index contributed by atoms with van der Waals surface area (Å²) >= 11 is 0. The van der Waals surface area contributed by atoms with Crippen molar-refractivity contribution in [2.45, 2.75) is 26.8 Å². The predicted octanol–water partition coefficient (Wildman–Crippen LogP) is 1.41. The number of rotatable bonds is 3. The van der Waals surface area contributed by atoms with Crippen LogP contribution < -0.4 is 5.73 Å². The lowest BCUT2D eigenvalue weighted by molar-refractivity contribution is 0.399. The average Bonchev–Trinajstić information content (AvgIpc) is 2.48. The molecular weight excluding hydrogens is 164 g/mol. The van der Waals surface area contributed by atoms with Crippen LogP contribution in [0.15, 0.2) is 12.4 Å². The summed E-state index contributed by atoms with van der Waals surface area (Å²) in [4.78, 5) is 0. The quantitative estimate of drug-likeness (QED) is 0.760. The highest BCUT2D eigenvalue weighted by Crippen LogP contribution is 2.19. The van der Waals surface area contributed by atoms with Crippen LogP contribution in [0.1, 0.15) is 20.3 Å². The highest BCUT2D eigenvalue weighted by Gasteiger charge is 2.16. The smallest absolute Gasteiger partial charge is 0.0719 e. The summed E-state index contributed by atoms with van der Waals surface area (Å²) in [5.74, 6) is 0. The van der Waals surface area contributed by atoms with Crippen LogP contribution in [0, 0.1) is 16.7 Å². The minimum atomic E-state index is -0.291. The third-order valence-corrected chi connectivity index (χ3v) is 1.92. The molecule has 0 bridgehead atoms. The van der Waals surface area contributed by atoms with Crippen molar-refractivity contribution in [1.82, 2.24) is 9.78 Å². The topological polar surface area (TPSA) is 67.6 Å². The summed E-state index contributed by atoms with van der Waals surface area (Å²) in [6, 6.07) is 2.25. The molecule has 4 nitrogen and oxygen atoms in total. The van der Waals surface area contributed by atoms with E-state index in [1.165, 1.54) is 0 Å². The largest absolute Gasteiger partial charge is 0.396 e. The first-order valence-corrected chi connectivity index (χ1v) is 4.23. The molecule has 0 amide bonds. The number of aromatic nitrogens is 2. The Labute approximate surface area is 78.0 Å². The van der Waals surface area contributed by atoms with Gasteiger partial charge in [-0.1, -0.05) is 0 Å². The van der Waals surface area contributed by atoms with E-state index >= 15 is 0 Å². The summed E-state index contributed by atoms with van der Waals surface area (Å²) in [6.45, 7) is 4.57. The zero-order valence-electron chi connectivity index (χ0n) is 7.99. The lowest BCUT2D eigenvalue weighted by Crippen LogP contribution is -2.12. The molecule has 0 aromatic carbocycles. The molecule has 0 unspecified atom stereocenters. The molecule has 4 heteroatoms. The van der Waals surface area contributed by atoms with E-state index in [4.69, 9.17) is 11.0 Å². The summed E-state index contributed by atoms with van der Waals surface area (Å²) in [5, 5.41) is 12.8. The fourth-order valence-corrected chi connectivity index (χ4v) is 0.952. The lowest BCUT2D eigenvalue weighted by atomic mass is 9.92. The van der Waals surface area contributed by atoms with Gasteiger partial charge >= 0.3 is 0 Å². The zero-order valence-corrected chi connectivity index (χ0v) is 7.99. The van der Waals surface area contributed by atoms with Crippen LogP contribution in [-0.4, -0.2) is 9.78 Å². The fraction of sp³-hybridized carbons (Fsp3) is 0.556. The van der Waals surface area contributed by atoms with E-state index in [9.17, 15) is 0 Å². The number of hydrogen-bond donors (Lipinski definition) is 1. The van der Waals surface area contributed by atoms with Crippen LogP contribution >= 0.6 is 0 Å². The standard InChI is InChI=1S/C9H14N4/c1-9(2,7-10)3-4-13-6-8(11)5-12-13/h5-6H,3-4,11H2,1-2H3. The van der Waals surface area contributed by atoms with Gasteiger partial charge in [-0.25, -0.2) is 0 Å². The van der Waals surface area contributed by atoms with E-state index in [0.29, 0.717) is 5.69 Å². The Hall–Kier alpha value is -1.50. The second-order valence-corrected chi connectivity index (χ2v) is 3.78.